The SMILES string of the molecule is CCCCCC/C=C\CCCCCCCC(O)CC(=O)NC(COP(=O)(O)OCCN)C(O)/C=C/CC/C=C/CC/C=C/CCCCCCCCC. The third-order valence-corrected chi connectivity index (χ3v) is 9.89. The molecule has 0 rings (SSSR count). The Kier molecular flexibility index (Phi) is 36.6. The van der Waals surface area contributed by atoms with E-state index in [1.807, 2.05) is 6.08 Å². The molecule has 6 N–H and O–H groups in total. The topological polar surface area (TPSA) is 151 Å². The van der Waals surface area contributed by atoms with E-state index in [1.165, 1.54) is 83.5 Å². The van der Waals surface area contributed by atoms with E-state index in [-0.39, 0.29) is 19.6 Å². The van der Waals surface area contributed by atoms with Crippen LogP contribution >= 0.6 is 7.82 Å². The number of aliphatic hydroxyl groups excluding tert-OH is 2. The monoisotopic (exact) mass is 755 g/mol. The van der Waals surface area contributed by atoms with Gasteiger partial charge in [-0.3, -0.25) is 13.8 Å². The van der Waals surface area contributed by atoms with Crippen LogP contribution in [-0.4, -0.2) is 59.0 Å². The van der Waals surface area contributed by atoms with Crippen molar-refractivity contribution in [3.05, 3.63) is 48.6 Å². The zero-order valence-corrected chi connectivity index (χ0v) is 34.0. The maximum Gasteiger partial charge on any atom is 0.472 e. The van der Waals surface area contributed by atoms with Crippen molar-refractivity contribution < 1.29 is 33.5 Å². The van der Waals surface area contributed by atoms with Crippen molar-refractivity contribution in [2.75, 3.05) is 19.8 Å². The van der Waals surface area contributed by atoms with Crippen LogP contribution in [0.1, 0.15) is 174 Å². The fraction of sp³-hybridized carbons (Fsp3) is 0.786. The highest BCUT2D eigenvalue weighted by atomic mass is 31.2. The number of hydrogen-bond donors (Lipinski definition) is 5. The molecule has 0 fully saturated rings. The first-order valence-corrected chi connectivity index (χ1v) is 22.3. The normalized spacial score (nSPS) is 15.3. The number of nitrogens with one attached hydrogen (secondary N) is 1. The van der Waals surface area contributed by atoms with E-state index in [1.54, 1.807) is 6.08 Å². The number of nitrogens with two attached hydrogens (primary N) is 1. The van der Waals surface area contributed by atoms with Gasteiger partial charge in [0.2, 0.25) is 5.91 Å². The van der Waals surface area contributed by atoms with E-state index in [0.717, 1.165) is 57.8 Å². The molecule has 10 heteroatoms. The molecule has 0 aliphatic rings. The minimum Gasteiger partial charge on any atom is -0.393 e. The maximum atomic E-state index is 12.8. The van der Waals surface area contributed by atoms with Crippen LogP contribution in [0.3, 0.4) is 0 Å². The molecule has 0 aromatic heterocycles. The number of phosphoric acid groups is 1. The number of carbonyl (C=O) groups excluding carboxylic acids is 1. The summed E-state index contributed by atoms with van der Waals surface area (Å²) in [5.41, 5.74) is 5.35. The average molecular weight is 755 g/mol. The van der Waals surface area contributed by atoms with Gasteiger partial charge in [-0.25, -0.2) is 4.57 Å². The molecule has 0 aliphatic carbocycles. The molecule has 304 valence electrons. The molecule has 4 atom stereocenters. The highest BCUT2D eigenvalue weighted by Gasteiger charge is 2.27. The highest BCUT2D eigenvalue weighted by Crippen LogP contribution is 2.43. The predicted molar refractivity (Wildman–Crippen MR) is 218 cm³/mol. The predicted octanol–water partition coefficient (Wildman–Crippen LogP) is 10.3. The van der Waals surface area contributed by atoms with E-state index in [9.17, 15) is 24.5 Å². The van der Waals surface area contributed by atoms with Crippen molar-refractivity contribution in [3.63, 3.8) is 0 Å². The number of rotatable bonds is 38. The molecule has 1 amide bonds. The summed E-state index contributed by atoms with van der Waals surface area (Å²) in [7, 11) is -4.41. The highest BCUT2D eigenvalue weighted by molar-refractivity contribution is 7.47. The summed E-state index contributed by atoms with van der Waals surface area (Å²) in [5.74, 6) is -0.468. The van der Waals surface area contributed by atoms with Crippen LogP contribution in [0.2, 0.25) is 0 Å². The zero-order chi connectivity index (χ0) is 38.4. The fourth-order valence-electron chi connectivity index (χ4n) is 5.73. The molecule has 0 aromatic carbocycles. The van der Waals surface area contributed by atoms with E-state index >= 15 is 0 Å². The Morgan fingerprint density at radius 1 is 0.654 bits per heavy atom. The molecule has 0 radical (unpaired) electrons. The number of amides is 1. The first-order chi connectivity index (χ1) is 25.3. The number of allylic oxidation sites excluding steroid dienone is 7. The molecular weight excluding hydrogens is 675 g/mol. The van der Waals surface area contributed by atoms with Crippen molar-refractivity contribution >= 4 is 13.7 Å². The lowest BCUT2D eigenvalue weighted by Gasteiger charge is -2.24. The van der Waals surface area contributed by atoms with E-state index in [4.69, 9.17) is 14.8 Å². The van der Waals surface area contributed by atoms with Gasteiger partial charge in [0.15, 0.2) is 0 Å². The van der Waals surface area contributed by atoms with Crippen LogP contribution in [0.15, 0.2) is 48.6 Å². The Bertz CT molecular complexity index is 972. The van der Waals surface area contributed by atoms with Crippen LogP contribution in [0.4, 0.5) is 0 Å². The molecule has 52 heavy (non-hydrogen) atoms. The summed E-state index contributed by atoms with van der Waals surface area (Å²) >= 11 is 0. The van der Waals surface area contributed by atoms with Gasteiger partial charge in [-0.2, -0.15) is 0 Å². The molecule has 0 saturated heterocycles. The second kappa shape index (κ2) is 37.7. The summed E-state index contributed by atoms with van der Waals surface area (Å²) in [5, 5.41) is 24.0. The smallest absolute Gasteiger partial charge is 0.393 e. The van der Waals surface area contributed by atoms with Crippen molar-refractivity contribution in [2.45, 2.75) is 193 Å². The summed E-state index contributed by atoms with van der Waals surface area (Å²) in [6.45, 7) is 3.90. The zero-order valence-electron chi connectivity index (χ0n) is 33.1. The molecule has 0 saturated carbocycles. The second-order valence-corrected chi connectivity index (χ2v) is 15.5. The minimum absolute atomic E-state index is 0.0401. The summed E-state index contributed by atoms with van der Waals surface area (Å²) in [6.07, 6.45) is 41.9. The molecular formula is C42H79N2O7P. The van der Waals surface area contributed by atoms with Gasteiger partial charge in [0.05, 0.1) is 37.9 Å². The maximum absolute atomic E-state index is 12.8. The van der Waals surface area contributed by atoms with E-state index < -0.39 is 38.6 Å². The van der Waals surface area contributed by atoms with Crippen LogP contribution in [-0.2, 0) is 18.4 Å². The summed E-state index contributed by atoms with van der Waals surface area (Å²) in [6, 6.07) is -1.01. The first kappa shape index (κ1) is 50.4. The molecule has 0 aliphatic heterocycles. The van der Waals surface area contributed by atoms with Gasteiger partial charge in [0, 0.05) is 6.54 Å². The minimum atomic E-state index is -4.41. The van der Waals surface area contributed by atoms with Crippen molar-refractivity contribution in [2.24, 2.45) is 5.73 Å². The number of carbonyl (C=O) groups is 1. The third-order valence-electron chi connectivity index (χ3n) is 8.91. The number of hydrogen-bond acceptors (Lipinski definition) is 7. The van der Waals surface area contributed by atoms with Gasteiger partial charge >= 0.3 is 7.82 Å². The molecule has 0 aromatic rings. The fourth-order valence-corrected chi connectivity index (χ4v) is 6.49. The Hall–Kier alpha value is -1.58. The van der Waals surface area contributed by atoms with Crippen LogP contribution in [0.5, 0.6) is 0 Å². The number of aliphatic hydroxyl groups is 2. The Balaban J connectivity index is 4.48. The van der Waals surface area contributed by atoms with Crippen molar-refractivity contribution in [1.82, 2.24) is 5.32 Å². The lowest BCUT2D eigenvalue weighted by molar-refractivity contribution is -0.124. The van der Waals surface area contributed by atoms with Crippen molar-refractivity contribution in [3.8, 4) is 0 Å². The van der Waals surface area contributed by atoms with Crippen molar-refractivity contribution in [1.29, 1.82) is 0 Å². The molecule has 0 bridgehead atoms. The lowest BCUT2D eigenvalue weighted by atomic mass is 10.0. The average Bonchev–Trinajstić information content (AvgIpc) is 3.12. The van der Waals surface area contributed by atoms with Gasteiger partial charge < -0.3 is 26.2 Å². The second-order valence-electron chi connectivity index (χ2n) is 14.0. The van der Waals surface area contributed by atoms with Gasteiger partial charge in [-0.05, 0) is 70.6 Å². The van der Waals surface area contributed by atoms with Crippen LogP contribution in [0, 0.1) is 0 Å². The number of phosphoric ester groups is 1. The Labute approximate surface area is 318 Å². The Morgan fingerprint density at radius 3 is 1.62 bits per heavy atom. The molecule has 0 heterocycles. The lowest BCUT2D eigenvalue weighted by Crippen LogP contribution is -2.46. The van der Waals surface area contributed by atoms with Gasteiger partial charge in [-0.1, -0.05) is 146 Å². The summed E-state index contributed by atoms with van der Waals surface area (Å²) < 4.78 is 22.0. The first-order valence-electron chi connectivity index (χ1n) is 20.8. The molecule has 0 spiro atoms. The number of unbranched alkanes of at least 4 members (excludes halogenated alkanes) is 18. The van der Waals surface area contributed by atoms with E-state index in [0.29, 0.717) is 12.8 Å². The van der Waals surface area contributed by atoms with Gasteiger partial charge in [0.25, 0.3) is 0 Å². The molecule has 9 nitrogen and oxygen atoms in total. The van der Waals surface area contributed by atoms with Crippen LogP contribution < -0.4 is 11.1 Å². The van der Waals surface area contributed by atoms with E-state index in [2.05, 4.69) is 55.6 Å². The largest absolute Gasteiger partial charge is 0.472 e. The summed E-state index contributed by atoms with van der Waals surface area (Å²) in [4.78, 5) is 22.7. The van der Waals surface area contributed by atoms with Gasteiger partial charge in [0.1, 0.15) is 0 Å². The standard InChI is InChI=1S/C42H79N2O7P/c1-3-5-7-9-11-13-15-17-18-19-20-22-24-26-28-30-32-34-41(46)40(38-51-52(48,49)50-36-35-43)44-42(47)37-39(45)33-31-29-27-25-23-21-16-14-12-10-8-6-4-2/h14,16,18-19,24,26,32,34,39-41,45-46H,3-13,15,17,20-23,25,27-31,33,35-38,43H2,1-2H3,(H,44,47)(H,48,49)/b16-14-,19-18+,26-24+,34-32+. The quantitative estimate of drug-likeness (QED) is 0.0237. The Morgan fingerprint density at radius 2 is 1.10 bits per heavy atom. The van der Waals surface area contributed by atoms with Gasteiger partial charge in [-0.15, -0.1) is 0 Å². The third kappa shape index (κ3) is 35.4. The molecule has 4 unspecified atom stereocenters. The van der Waals surface area contributed by atoms with Crippen LogP contribution in [0.25, 0.3) is 0 Å².